The molecule has 1 aliphatic rings. The highest BCUT2D eigenvalue weighted by Crippen LogP contribution is 2.29. The van der Waals surface area contributed by atoms with Crippen LogP contribution < -0.4 is 4.74 Å². The maximum absolute atomic E-state index is 13.1. The van der Waals surface area contributed by atoms with Crippen molar-refractivity contribution in [3.63, 3.8) is 0 Å². The van der Waals surface area contributed by atoms with E-state index in [1.165, 1.54) is 0 Å². The van der Waals surface area contributed by atoms with E-state index in [0.29, 0.717) is 26.1 Å². The van der Waals surface area contributed by atoms with Crippen LogP contribution in [-0.2, 0) is 9.59 Å². The maximum Gasteiger partial charge on any atom is 0.226 e. The number of methoxy groups -OCH3 is 1. The van der Waals surface area contributed by atoms with E-state index in [4.69, 9.17) is 4.74 Å². The lowest BCUT2D eigenvalue weighted by molar-refractivity contribution is -0.145. The minimum absolute atomic E-state index is 0.0598. The smallest absolute Gasteiger partial charge is 0.226 e. The van der Waals surface area contributed by atoms with Crippen molar-refractivity contribution in [3.05, 3.63) is 54.6 Å². The number of thioether (sulfide) groups is 1. The summed E-state index contributed by atoms with van der Waals surface area (Å²) in [7, 11) is 1.66. The molecule has 2 heterocycles. The van der Waals surface area contributed by atoms with E-state index >= 15 is 0 Å². The Labute approximate surface area is 254 Å². The van der Waals surface area contributed by atoms with Crippen molar-refractivity contribution in [2.75, 3.05) is 32.5 Å². The second-order valence-electron chi connectivity index (χ2n) is 11.0. The number of carbonyl (C=O) groups is 2. The third-order valence-electron chi connectivity index (χ3n) is 8.02. The summed E-state index contributed by atoms with van der Waals surface area (Å²) in [6.45, 7) is 8.22. The van der Waals surface area contributed by atoms with Gasteiger partial charge < -0.3 is 14.5 Å². The first-order valence-corrected chi connectivity index (χ1v) is 16.3. The minimum atomic E-state index is 0.0598. The summed E-state index contributed by atoms with van der Waals surface area (Å²) in [5.41, 5.74) is 1.97. The van der Waals surface area contributed by atoms with E-state index in [0.717, 1.165) is 72.3 Å². The van der Waals surface area contributed by atoms with E-state index in [1.54, 1.807) is 18.9 Å². The molecule has 0 aliphatic carbocycles. The highest BCUT2D eigenvalue weighted by Gasteiger charge is 2.32. The molecule has 0 saturated carbocycles. The lowest BCUT2D eigenvalue weighted by Gasteiger charge is -2.41. The highest BCUT2D eigenvalue weighted by molar-refractivity contribution is 7.99. The van der Waals surface area contributed by atoms with Crippen molar-refractivity contribution in [2.24, 2.45) is 5.92 Å². The number of amides is 2. The normalized spacial score (nSPS) is 16.0. The van der Waals surface area contributed by atoms with Gasteiger partial charge in [0.2, 0.25) is 11.8 Å². The molecule has 3 aromatic rings. The molecule has 2 unspecified atom stereocenters. The van der Waals surface area contributed by atoms with Crippen LogP contribution >= 0.6 is 11.8 Å². The van der Waals surface area contributed by atoms with Crippen molar-refractivity contribution in [3.8, 4) is 22.8 Å². The van der Waals surface area contributed by atoms with Crippen LogP contribution in [-0.4, -0.2) is 74.9 Å². The molecule has 0 N–H and O–H groups in total. The zero-order valence-corrected chi connectivity index (χ0v) is 26.3. The Morgan fingerprint density at radius 3 is 2.43 bits per heavy atom. The van der Waals surface area contributed by atoms with Crippen molar-refractivity contribution in [1.29, 1.82) is 0 Å². The van der Waals surface area contributed by atoms with Crippen LogP contribution in [0.4, 0.5) is 0 Å². The standard InChI is InChI=1S/C33H45N5O3S/c1-5-7-13-26(6-2)32(40)37-22-21-36(24-25(37)3)30(39)16-11-12-23-42-33-35-34-31(27-14-9-8-10-15-27)38(33)28-17-19-29(41-4)20-18-28/h8-10,14-15,17-20,25-26H,5-7,11-13,16,21-24H2,1-4H3. The lowest BCUT2D eigenvalue weighted by atomic mass is 9.96. The third kappa shape index (κ3) is 7.94. The molecule has 9 heteroatoms. The van der Waals surface area contributed by atoms with Crippen molar-refractivity contribution < 1.29 is 14.3 Å². The van der Waals surface area contributed by atoms with Crippen LogP contribution in [0, 0.1) is 5.92 Å². The van der Waals surface area contributed by atoms with Crippen LogP contribution in [0.15, 0.2) is 59.8 Å². The number of ether oxygens (including phenoxy) is 1. The molecule has 42 heavy (non-hydrogen) atoms. The fourth-order valence-corrected chi connectivity index (χ4v) is 6.45. The van der Waals surface area contributed by atoms with Crippen molar-refractivity contribution in [1.82, 2.24) is 24.6 Å². The summed E-state index contributed by atoms with van der Waals surface area (Å²) in [5, 5.41) is 9.86. The van der Waals surface area contributed by atoms with Gasteiger partial charge in [0.05, 0.1) is 7.11 Å². The quantitative estimate of drug-likeness (QED) is 0.158. The zero-order valence-electron chi connectivity index (χ0n) is 25.5. The molecule has 1 saturated heterocycles. The topological polar surface area (TPSA) is 80.6 Å². The van der Waals surface area contributed by atoms with E-state index in [1.807, 2.05) is 64.4 Å². The molecule has 2 atom stereocenters. The van der Waals surface area contributed by atoms with Gasteiger partial charge in [0, 0.05) is 55.0 Å². The number of nitrogens with zero attached hydrogens (tertiary/aromatic N) is 5. The van der Waals surface area contributed by atoms with Gasteiger partial charge in [-0.25, -0.2) is 0 Å². The van der Waals surface area contributed by atoms with Gasteiger partial charge in [-0.3, -0.25) is 14.2 Å². The van der Waals surface area contributed by atoms with Crippen LogP contribution in [0.5, 0.6) is 5.75 Å². The molecule has 1 aromatic heterocycles. The zero-order chi connectivity index (χ0) is 29.9. The fraction of sp³-hybridized carbons (Fsp3) is 0.515. The molecule has 226 valence electrons. The Balaban J connectivity index is 1.28. The molecular formula is C33H45N5O3S. The molecule has 1 fully saturated rings. The van der Waals surface area contributed by atoms with Gasteiger partial charge in [-0.2, -0.15) is 0 Å². The highest BCUT2D eigenvalue weighted by atomic mass is 32.2. The summed E-state index contributed by atoms with van der Waals surface area (Å²) in [6.07, 6.45) is 6.27. The lowest BCUT2D eigenvalue weighted by Crippen LogP contribution is -2.56. The molecule has 0 spiro atoms. The number of hydrogen-bond donors (Lipinski definition) is 0. The Morgan fingerprint density at radius 1 is 1.00 bits per heavy atom. The molecule has 8 nitrogen and oxygen atoms in total. The Bertz CT molecular complexity index is 1280. The maximum atomic E-state index is 13.1. The van der Waals surface area contributed by atoms with E-state index in [-0.39, 0.29) is 23.8 Å². The fourth-order valence-electron chi connectivity index (χ4n) is 5.50. The number of aromatic nitrogens is 3. The average Bonchev–Trinajstić information content (AvgIpc) is 3.45. The largest absolute Gasteiger partial charge is 0.497 e. The Kier molecular flexibility index (Phi) is 11.9. The molecule has 2 aromatic carbocycles. The molecular weight excluding hydrogens is 546 g/mol. The number of hydrogen-bond acceptors (Lipinski definition) is 6. The molecule has 1 aliphatic heterocycles. The average molecular weight is 592 g/mol. The predicted molar refractivity (Wildman–Crippen MR) is 169 cm³/mol. The van der Waals surface area contributed by atoms with E-state index in [9.17, 15) is 9.59 Å². The van der Waals surface area contributed by atoms with Crippen molar-refractivity contribution >= 4 is 23.6 Å². The van der Waals surface area contributed by atoms with Crippen LogP contribution in [0.2, 0.25) is 0 Å². The second-order valence-corrected chi connectivity index (χ2v) is 12.0. The van der Waals surface area contributed by atoms with Crippen LogP contribution in [0.25, 0.3) is 17.1 Å². The number of unbranched alkanes of at least 4 members (excludes halogenated alkanes) is 2. The number of benzene rings is 2. The van der Waals surface area contributed by atoms with E-state index < -0.39 is 0 Å². The summed E-state index contributed by atoms with van der Waals surface area (Å²) in [5.74, 6) is 2.98. The summed E-state index contributed by atoms with van der Waals surface area (Å²) < 4.78 is 7.42. The predicted octanol–water partition coefficient (Wildman–Crippen LogP) is 6.48. The first kappa shape index (κ1) is 31.6. The summed E-state index contributed by atoms with van der Waals surface area (Å²) >= 11 is 1.66. The van der Waals surface area contributed by atoms with E-state index in [2.05, 4.69) is 35.5 Å². The van der Waals surface area contributed by atoms with Gasteiger partial charge in [-0.1, -0.05) is 68.8 Å². The number of piperazine rings is 1. The van der Waals surface area contributed by atoms with Gasteiger partial charge in [-0.05, 0) is 56.9 Å². The van der Waals surface area contributed by atoms with Crippen LogP contribution in [0.1, 0.15) is 65.7 Å². The molecule has 2 amide bonds. The van der Waals surface area contributed by atoms with Gasteiger partial charge >= 0.3 is 0 Å². The Morgan fingerprint density at radius 2 is 1.76 bits per heavy atom. The summed E-state index contributed by atoms with van der Waals surface area (Å²) in [6, 6.07) is 18.0. The van der Waals surface area contributed by atoms with Gasteiger partial charge in [0.25, 0.3) is 0 Å². The first-order chi connectivity index (χ1) is 20.5. The molecule has 4 rings (SSSR count). The van der Waals surface area contributed by atoms with Gasteiger partial charge in [0.1, 0.15) is 5.75 Å². The Hall–Kier alpha value is -3.33. The summed E-state index contributed by atoms with van der Waals surface area (Å²) in [4.78, 5) is 30.1. The first-order valence-electron chi connectivity index (χ1n) is 15.3. The second kappa shape index (κ2) is 15.8. The monoisotopic (exact) mass is 591 g/mol. The SMILES string of the molecule is CCCCC(CC)C(=O)N1CCN(C(=O)CCCCSc2nnc(-c3ccccc3)n2-c2ccc(OC)cc2)CC1C. The van der Waals surface area contributed by atoms with Gasteiger partial charge in [0.15, 0.2) is 11.0 Å². The van der Waals surface area contributed by atoms with Crippen LogP contribution in [0.3, 0.4) is 0 Å². The van der Waals surface area contributed by atoms with Crippen molar-refractivity contribution in [2.45, 2.75) is 76.9 Å². The third-order valence-corrected chi connectivity index (χ3v) is 9.04. The van der Waals surface area contributed by atoms with Gasteiger partial charge in [-0.15, -0.1) is 10.2 Å². The number of rotatable bonds is 14. The number of carbonyl (C=O) groups excluding carboxylic acids is 2. The molecule has 0 radical (unpaired) electrons. The minimum Gasteiger partial charge on any atom is -0.497 e. The molecule has 0 bridgehead atoms.